The van der Waals surface area contributed by atoms with Crippen LogP contribution in [0.4, 0.5) is 17.6 Å². The van der Waals surface area contributed by atoms with Gasteiger partial charge in [-0.3, -0.25) is 4.79 Å². The van der Waals surface area contributed by atoms with Crippen LogP contribution in [0.25, 0.3) is 22.0 Å². The second kappa shape index (κ2) is 11.0. The Morgan fingerprint density at radius 2 is 1.83 bits per heavy atom. The van der Waals surface area contributed by atoms with Crippen molar-refractivity contribution in [1.29, 1.82) is 0 Å². The summed E-state index contributed by atoms with van der Waals surface area (Å²) >= 11 is 0. The van der Waals surface area contributed by atoms with E-state index in [0.717, 1.165) is 18.2 Å². The molecule has 1 fully saturated rings. The molecule has 1 saturated heterocycles. The van der Waals surface area contributed by atoms with E-state index in [1.165, 1.54) is 39.2 Å². The molecule has 2 N–H and O–H groups in total. The Morgan fingerprint density at radius 1 is 1.12 bits per heavy atom. The molecule has 2 heterocycles. The normalized spacial score (nSPS) is 18.8. The Morgan fingerprint density at radius 3 is 2.45 bits per heavy atom. The van der Waals surface area contributed by atoms with Gasteiger partial charge in [0.15, 0.2) is 0 Å². The van der Waals surface area contributed by atoms with Gasteiger partial charge in [0.1, 0.15) is 40.5 Å². The molecule has 220 valence electrons. The number of nitrogens with one attached hydrogen (secondary N) is 1. The minimum atomic E-state index is -1.78. The van der Waals surface area contributed by atoms with Crippen LogP contribution in [-0.2, 0) is 15.9 Å². The number of halogens is 4. The fourth-order valence-corrected chi connectivity index (χ4v) is 5.26. The van der Waals surface area contributed by atoms with E-state index in [1.54, 1.807) is 19.1 Å². The van der Waals surface area contributed by atoms with Crippen LogP contribution in [0, 0.1) is 24.4 Å². The first-order valence-corrected chi connectivity index (χ1v) is 13.2. The molecule has 5 rings (SSSR count). The topological polar surface area (TPSA) is 93.6 Å². The Labute approximate surface area is 239 Å². The molecule has 1 aliphatic heterocycles. The second-order valence-corrected chi connectivity index (χ2v) is 10.9. The number of aromatic nitrogens is 2. The number of hydrogen-bond acceptors (Lipinski definition) is 6. The van der Waals surface area contributed by atoms with E-state index in [2.05, 4.69) is 15.5 Å². The highest BCUT2D eigenvalue weighted by molar-refractivity contribution is 5.99. The number of methoxy groups -OCH3 is 1. The van der Waals surface area contributed by atoms with Crippen LogP contribution in [0.5, 0.6) is 5.75 Å². The Hall–Kier alpha value is -4.09. The number of fused-ring (bicyclic) bond motifs is 1. The largest absolute Gasteiger partial charge is 0.494 e. The molecular weight excluding hydrogens is 554 g/mol. The molecule has 1 aliphatic rings. The maximum atomic E-state index is 16.3. The monoisotopic (exact) mass is 583 g/mol. The van der Waals surface area contributed by atoms with Crippen LogP contribution >= 0.6 is 0 Å². The van der Waals surface area contributed by atoms with Crippen molar-refractivity contribution in [3.63, 3.8) is 0 Å². The number of hydrogen-bond donors (Lipinski definition) is 2. The van der Waals surface area contributed by atoms with Gasteiger partial charge in [-0.05, 0) is 62.7 Å². The lowest BCUT2D eigenvalue weighted by Crippen LogP contribution is -2.42. The smallest absolute Gasteiger partial charge is 0.251 e. The molecule has 11 heteroatoms. The summed E-state index contributed by atoms with van der Waals surface area (Å²) in [6.07, 6.45) is -1.85. The SMILES string of the molecule is COc1cc(C(=O)NC[C@]2(c3cc(C(C)(C)O)c(F)c(-c4ccc(F)cc4)c3F)C[C@@H](F)CO2)cc2cc(C)nnc12. The van der Waals surface area contributed by atoms with Crippen molar-refractivity contribution < 1.29 is 36.9 Å². The zero-order valence-corrected chi connectivity index (χ0v) is 23.4. The zero-order chi connectivity index (χ0) is 30.4. The number of aliphatic hydroxyl groups is 1. The molecule has 4 aromatic rings. The Balaban J connectivity index is 1.58. The highest BCUT2D eigenvalue weighted by atomic mass is 19.1. The van der Waals surface area contributed by atoms with Crippen LogP contribution in [0.15, 0.2) is 48.5 Å². The molecule has 1 aromatic heterocycles. The third-order valence-corrected chi connectivity index (χ3v) is 7.37. The number of amides is 1. The molecule has 0 unspecified atom stereocenters. The quantitative estimate of drug-likeness (QED) is 0.274. The summed E-state index contributed by atoms with van der Waals surface area (Å²) in [6, 6.07) is 10.4. The van der Waals surface area contributed by atoms with Crippen LogP contribution in [0.3, 0.4) is 0 Å². The van der Waals surface area contributed by atoms with Gasteiger partial charge < -0.3 is 19.9 Å². The van der Waals surface area contributed by atoms with E-state index in [-0.39, 0.29) is 35.2 Å². The van der Waals surface area contributed by atoms with E-state index in [1.807, 2.05) is 0 Å². The number of aryl methyl sites for hydroxylation is 1. The average Bonchev–Trinajstić information content (AvgIpc) is 3.32. The lowest BCUT2D eigenvalue weighted by atomic mass is 9.82. The molecule has 0 radical (unpaired) electrons. The summed E-state index contributed by atoms with van der Waals surface area (Å²) < 4.78 is 71.6. The third kappa shape index (κ3) is 5.41. The molecule has 0 bridgehead atoms. The molecule has 7 nitrogen and oxygen atoms in total. The van der Waals surface area contributed by atoms with Crippen LogP contribution in [0.2, 0.25) is 0 Å². The molecular formula is C31H29F4N3O4. The van der Waals surface area contributed by atoms with Gasteiger partial charge in [-0.2, -0.15) is 5.10 Å². The minimum Gasteiger partial charge on any atom is -0.494 e. The first-order valence-electron chi connectivity index (χ1n) is 13.2. The van der Waals surface area contributed by atoms with Crippen molar-refractivity contribution in [2.75, 3.05) is 20.3 Å². The van der Waals surface area contributed by atoms with Crippen LogP contribution in [-0.4, -0.2) is 47.6 Å². The number of benzene rings is 3. The average molecular weight is 584 g/mol. The van der Waals surface area contributed by atoms with Gasteiger partial charge in [-0.1, -0.05) is 12.1 Å². The fourth-order valence-electron chi connectivity index (χ4n) is 5.26. The van der Waals surface area contributed by atoms with Crippen molar-refractivity contribution in [3.8, 4) is 16.9 Å². The minimum absolute atomic E-state index is 0.00869. The molecule has 0 spiro atoms. The highest BCUT2D eigenvalue weighted by Crippen LogP contribution is 2.44. The lowest BCUT2D eigenvalue weighted by molar-refractivity contribution is -0.00316. The van der Waals surface area contributed by atoms with Gasteiger partial charge in [0.25, 0.3) is 5.91 Å². The predicted octanol–water partition coefficient (Wildman–Crippen LogP) is 5.64. The molecule has 0 saturated carbocycles. The van der Waals surface area contributed by atoms with Crippen LogP contribution in [0.1, 0.15) is 47.4 Å². The first-order chi connectivity index (χ1) is 19.8. The van der Waals surface area contributed by atoms with Crippen molar-refractivity contribution in [2.45, 2.75) is 44.6 Å². The van der Waals surface area contributed by atoms with E-state index < -0.39 is 52.9 Å². The summed E-state index contributed by atoms with van der Waals surface area (Å²) in [5, 5.41) is 22.2. The molecule has 3 aromatic carbocycles. The fraction of sp³-hybridized carbons (Fsp3) is 0.323. The summed E-state index contributed by atoms with van der Waals surface area (Å²) in [7, 11) is 1.43. The standard InChI is InChI=1S/C31H29F4N3O4/c1-16-9-18-10-19(11-24(41-4)28(18)38-37-16)29(39)36-15-31(13-21(33)14-42-31)23-12-22(30(2,3)40)26(34)25(27(23)35)17-5-7-20(32)8-6-17/h5-12,21,40H,13-15H2,1-4H3,(H,36,39)/t21-,31+/m1/s1. The Kier molecular flexibility index (Phi) is 7.67. The molecule has 2 atom stereocenters. The summed E-state index contributed by atoms with van der Waals surface area (Å²) in [5.41, 5.74) is -3.29. The van der Waals surface area contributed by atoms with Crippen molar-refractivity contribution in [3.05, 3.63) is 88.4 Å². The number of alkyl halides is 1. The van der Waals surface area contributed by atoms with Crippen LogP contribution < -0.4 is 10.1 Å². The van der Waals surface area contributed by atoms with Crippen molar-refractivity contribution in [2.24, 2.45) is 0 Å². The number of rotatable bonds is 7. The van der Waals surface area contributed by atoms with E-state index in [0.29, 0.717) is 22.3 Å². The highest BCUT2D eigenvalue weighted by Gasteiger charge is 2.46. The molecule has 0 aliphatic carbocycles. The van der Waals surface area contributed by atoms with E-state index in [4.69, 9.17) is 9.47 Å². The summed E-state index contributed by atoms with van der Waals surface area (Å²) in [4.78, 5) is 13.4. The number of carbonyl (C=O) groups excluding carboxylic acids is 1. The first kappa shape index (κ1) is 29.4. The maximum absolute atomic E-state index is 16.3. The van der Waals surface area contributed by atoms with Gasteiger partial charge >= 0.3 is 0 Å². The zero-order valence-electron chi connectivity index (χ0n) is 23.4. The predicted molar refractivity (Wildman–Crippen MR) is 147 cm³/mol. The second-order valence-electron chi connectivity index (χ2n) is 10.9. The Bertz CT molecular complexity index is 1670. The van der Waals surface area contributed by atoms with E-state index in [9.17, 15) is 18.7 Å². The van der Waals surface area contributed by atoms with Crippen molar-refractivity contribution >= 4 is 16.8 Å². The molecule has 1 amide bonds. The van der Waals surface area contributed by atoms with Gasteiger partial charge in [0.2, 0.25) is 0 Å². The maximum Gasteiger partial charge on any atom is 0.251 e. The number of nitrogens with zero attached hydrogens (tertiary/aromatic N) is 2. The number of carbonyl (C=O) groups is 1. The van der Waals surface area contributed by atoms with Gasteiger partial charge in [-0.15, -0.1) is 5.10 Å². The molecule has 42 heavy (non-hydrogen) atoms. The lowest BCUT2D eigenvalue weighted by Gasteiger charge is -2.32. The third-order valence-electron chi connectivity index (χ3n) is 7.37. The van der Waals surface area contributed by atoms with Gasteiger partial charge in [0, 0.05) is 28.5 Å². The van der Waals surface area contributed by atoms with Gasteiger partial charge in [0.05, 0.1) is 37.1 Å². The van der Waals surface area contributed by atoms with Gasteiger partial charge in [-0.25, -0.2) is 17.6 Å². The van der Waals surface area contributed by atoms with Crippen molar-refractivity contribution in [1.82, 2.24) is 15.5 Å². The van der Waals surface area contributed by atoms with E-state index >= 15 is 8.78 Å². The summed E-state index contributed by atoms with van der Waals surface area (Å²) in [5.74, 6) is -3.00. The summed E-state index contributed by atoms with van der Waals surface area (Å²) in [6.45, 7) is 3.63. The number of ether oxygens (including phenoxy) is 2.